The number of thioether (sulfide) groups is 1. The fourth-order valence-electron chi connectivity index (χ4n) is 3.21. The molecule has 2 aromatic rings. The lowest BCUT2D eigenvalue weighted by molar-refractivity contribution is -0.116. The molecular weight excluding hydrogens is 324 g/mol. The Hall–Kier alpha value is -2.46. The first-order valence-corrected chi connectivity index (χ1v) is 8.90. The van der Waals surface area contributed by atoms with Gasteiger partial charge < -0.3 is 14.6 Å². The first-order chi connectivity index (χ1) is 11.8. The van der Waals surface area contributed by atoms with E-state index >= 15 is 0 Å². The normalized spacial score (nSPS) is 18.2. The van der Waals surface area contributed by atoms with E-state index in [-0.39, 0.29) is 11.8 Å². The van der Waals surface area contributed by atoms with Crippen LogP contribution in [0.25, 0.3) is 0 Å². The Bertz CT molecular complexity index is 840. The van der Waals surface area contributed by atoms with E-state index in [0.717, 1.165) is 35.2 Å². The number of amides is 1. The van der Waals surface area contributed by atoms with Gasteiger partial charge in [-0.1, -0.05) is 30.0 Å². The van der Waals surface area contributed by atoms with Crippen molar-refractivity contribution in [2.24, 2.45) is 0 Å². The summed E-state index contributed by atoms with van der Waals surface area (Å²) in [6.07, 6.45) is 1.17. The number of carbonyl (C=O) groups is 1. The summed E-state index contributed by atoms with van der Waals surface area (Å²) in [5.41, 5.74) is 1.51. The Morgan fingerprint density at radius 3 is 3.25 bits per heavy atom. The Labute approximate surface area is 143 Å². The number of nitrogens with zero attached hydrogens (tertiary/aromatic N) is 3. The molecule has 0 saturated heterocycles. The molecule has 0 unspecified atom stereocenters. The summed E-state index contributed by atoms with van der Waals surface area (Å²) in [4.78, 5) is 16.9. The summed E-state index contributed by atoms with van der Waals surface area (Å²) in [5.74, 6) is 2.17. The first-order valence-electron chi connectivity index (χ1n) is 7.91. The van der Waals surface area contributed by atoms with Crippen LogP contribution in [0.5, 0.6) is 5.75 Å². The highest BCUT2D eigenvalue weighted by molar-refractivity contribution is 7.99. The number of nitriles is 1. The van der Waals surface area contributed by atoms with Crippen molar-refractivity contribution >= 4 is 23.5 Å². The van der Waals surface area contributed by atoms with E-state index in [1.807, 2.05) is 28.8 Å². The largest absolute Gasteiger partial charge is 0.493 e. The van der Waals surface area contributed by atoms with E-state index in [4.69, 9.17) is 4.74 Å². The number of hydrogen-bond acceptors (Lipinski definition) is 5. The van der Waals surface area contributed by atoms with Crippen LogP contribution in [0, 0.1) is 11.3 Å². The standard InChI is InChI=1S/C17H16N4O2S/c18-10-13-16(20-17-21(13)6-8-24-17)19-15(22)9-11-5-7-23-14-4-2-1-3-12(11)14/h1-4,11H,5-9H2,(H,19,22)/t11-/m1/s1. The molecule has 0 saturated carbocycles. The molecule has 2 aliphatic rings. The van der Waals surface area contributed by atoms with Crippen molar-refractivity contribution in [3.05, 3.63) is 35.5 Å². The maximum atomic E-state index is 12.5. The quantitative estimate of drug-likeness (QED) is 0.929. The van der Waals surface area contributed by atoms with Crippen LogP contribution in [0.15, 0.2) is 29.4 Å². The van der Waals surface area contributed by atoms with Gasteiger partial charge in [-0.25, -0.2) is 4.98 Å². The van der Waals surface area contributed by atoms with Crippen molar-refractivity contribution in [1.29, 1.82) is 5.26 Å². The van der Waals surface area contributed by atoms with Crippen molar-refractivity contribution in [3.8, 4) is 11.8 Å². The van der Waals surface area contributed by atoms with Gasteiger partial charge in [0.05, 0.1) is 6.61 Å². The third-order valence-corrected chi connectivity index (χ3v) is 5.31. The molecule has 2 aliphatic heterocycles. The fraction of sp³-hybridized carbons (Fsp3) is 0.353. The summed E-state index contributed by atoms with van der Waals surface area (Å²) < 4.78 is 7.50. The van der Waals surface area contributed by atoms with Gasteiger partial charge in [0.15, 0.2) is 16.7 Å². The number of imidazole rings is 1. The lowest BCUT2D eigenvalue weighted by Crippen LogP contribution is -2.21. The number of ether oxygens (including phenoxy) is 1. The molecule has 1 atom stereocenters. The number of para-hydroxylation sites is 1. The average Bonchev–Trinajstić information content (AvgIpc) is 3.15. The molecular formula is C17H16N4O2S. The second kappa shape index (κ2) is 6.21. The topological polar surface area (TPSA) is 79.9 Å². The van der Waals surface area contributed by atoms with Gasteiger partial charge >= 0.3 is 0 Å². The SMILES string of the molecule is N#Cc1c(NC(=O)C[C@H]2CCOc3ccccc32)nc2n1CCS2. The molecule has 24 heavy (non-hydrogen) atoms. The summed E-state index contributed by atoms with van der Waals surface area (Å²) in [5, 5.41) is 13.0. The zero-order chi connectivity index (χ0) is 16.5. The smallest absolute Gasteiger partial charge is 0.226 e. The van der Waals surface area contributed by atoms with Crippen molar-refractivity contribution in [3.63, 3.8) is 0 Å². The summed E-state index contributed by atoms with van der Waals surface area (Å²) in [7, 11) is 0. The van der Waals surface area contributed by atoms with Gasteiger partial charge in [-0.3, -0.25) is 4.79 Å². The third kappa shape index (κ3) is 2.63. The number of aromatic nitrogens is 2. The third-order valence-electron chi connectivity index (χ3n) is 4.36. The Kier molecular flexibility index (Phi) is 3.90. The van der Waals surface area contributed by atoms with Crippen molar-refractivity contribution in [2.75, 3.05) is 17.7 Å². The lowest BCUT2D eigenvalue weighted by atomic mass is 9.90. The van der Waals surface area contributed by atoms with Crippen molar-refractivity contribution in [1.82, 2.24) is 9.55 Å². The molecule has 1 N–H and O–H groups in total. The molecule has 0 bridgehead atoms. The number of benzene rings is 1. The van der Waals surface area contributed by atoms with Crippen LogP contribution in [0.1, 0.15) is 30.0 Å². The maximum Gasteiger partial charge on any atom is 0.226 e. The highest BCUT2D eigenvalue weighted by atomic mass is 32.2. The monoisotopic (exact) mass is 340 g/mol. The fourth-order valence-corrected chi connectivity index (χ4v) is 4.16. The van der Waals surface area contributed by atoms with Gasteiger partial charge in [-0.15, -0.1) is 0 Å². The number of nitrogens with one attached hydrogen (secondary N) is 1. The number of rotatable bonds is 3. The van der Waals surface area contributed by atoms with Gasteiger partial charge in [-0.2, -0.15) is 5.26 Å². The molecule has 3 heterocycles. The van der Waals surface area contributed by atoms with E-state index in [1.54, 1.807) is 11.8 Å². The molecule has 7 heteroatoms. The highest BCUT2D eigenvalue weighted by Gasteiger charge is 2.26. The minimum atomic E-state index is -0.116. The second-order valence-corrected chi connectivity index (χ2v) is 6.89. The van der Waals surface area contributed by atoms with Crippen molar-refractivity contribution < 1.29 is 9.53 Å². The van der Waals surface area contributed by atoms with E-state index < -0.39 is 0 Å². The number of anilines is 1. The van der Waals surface area contributed by atoms with Crippen LogP contribution >= 0.6 is 11.8 Å². The molecule has 0 spiro atoms. The molecule has 1 amide bonds. The van der Waals surface area contributed by atoms with Crippen LogP contribution in [-0.4, -0.2) is 27.8 Å². The summed E-state index contributed by atoms with van der Waals surface area (Å²) in [6, 6.07) is 9.99. The number of carbonyl (C=O) groups excluding carboxylic acids is 1. The zero-order valence-electron chi connectivity index (χ0n) is 13.0. The first kappa shape index (κ1) is 15.1. The molecule has 0 fully saturated rings. The predicted octanol–water partition coefficient (Wildman–Crippen LogP) is 2.76. The summed E-state index contributed by atoms with van der Waals surface area (Å²) >= 11 is 1.60. The molecule has 6 nitrogen and oxygen atoms in total. The van der Waals surface area contributed by atoms with Gasteiger partial charge in [-0.05, 0) is 24.0 Å². The van der Waals surface area contributed by atoms with E-state index in [0.29, 0.717) is 24.5 Å². The van der Waals surface area contributed by atoms with E-state index in [9.17, 15) is 10.1 Å². The molecule has 1 aromatic carbocycles. The number of fused-ring (bicyclic) bond motifs is 2. The van der Waals surface area contributed by atoms with Crippen LogP contribution in [-0.2, 0) is 11.3 Å². The van der Waals surface area contributed by atoms with Gasteiger partial charge in [0.2, 0.25) is 5.91 Å². The summed E-state index contributed by atoms with van der Waals surface area (Å²) in [6.45, 7) is 1.38. The average molecular weight is 340 g/mol. The van der Waals surface area contributed by atoms with Crippen molar-refractivity contribution in [2.45, 2.75) is 30.5 Å². The Morgan fingerprint density at radius 2 is 2.38 bits per heavy atom. The van der Waals surface area contributed by atoms with E-state index in [1.165, 1.54) is 0 Å². The van der Waals surface area contributed by atoms with Crippen LogP contribution in [0.3, 0.4) is 0 Å². The maximum absolute atomic E-state index is 12.5. The predicted molar refractivity (Wildman–Crippen MR) is 90.2 cm³/mol. The molecule has 1 aromatic heterocycles. The molecule has 4 rings (SSSR count). The van der Waals surface area contributed by atoms with Crippen LogP contribution < -0.4 is 10.1 Å². The second-order valence-electron chi connectivity index (χ2n) is 5.83. The van der Waals surface area contributed by atoms with Gasteiger partial charge in [0.1, 0.15) is 11.8 Å². The van der Waals surface area contributed by atoms with E-state index in [2.05, 4.69) is 16.4 Å². The minimum Gasteiger partial charge on any atom is -0.493 e. The zero-order valence-corrected chi connectivity index (χ0v) is 13.8. The molecule has 0 radical (unpaired) electrons. The van der Waals surface area contributed by atoms with Crippen LogP contribution in [0.4, 0.5) is 5.82 Å². The highest BCUT2D eigenvalue weighted by Crippen LogP contribution is 2.36. The number of hydrogen-bond donors (Lipinski definition) is 1. The van der Waals surface area contributed by atoms with Gasteiger partial charge in [0.25, 0.3) is 0 Å². The Morgan fingerprint density at radius 1 is 1.50 bits per heavy atom. The minimum absolute atomic E-state index is 0.116. The Balaban J connectivity index is 1.50. The molecule has 122 valence electrons. The lowest BCUT2D eigenvalue weighted by Gasteiger charge is -2.25. The molecule has 0 aliphatic carbocycles. The van der Waals surface area contributed by atoms with Crippen LogP contribution in [0.2, 0.25) is 0 Å². The van der Waals surface area contributed by atoms with Gasteiger partial charge in [0, 0.05) is 18.7 Å².